The van der Waals surface area contributed by atoms with Gasteiger partial charge in [-0.1, -0.05) is 99.9 Å². The molecule has 4 aromatic rings. The van der Waals surface area contributed by atoms with Crippen molar-refractivity contribution in [3.63, 3.8) is 0 Å². The zero-order valence-electron chi connectivity index (χ0n) is 35.4. The summed E-state index contributed by atoms with van der Waals surface area (Å²) < 4.78 is 26.2. The number of anilines is 1. The highest BCUT2D eigenvalue weighted by molar-refractivity contribution is 6.76. The number of aromatic nitrogens is 4. The van der Waals surface area contributed by atoms with Gasteiger partial charge in [-0.15, -0.1) is 0 Å². The van der Waals surface area contributed by atoms with Crippen LogP contribution in [0.3, 0.4) is 0 Å². The summed E-state index contributed by atoms with van der Waals surface area (Å²) in [6.45, 7) is 18.3. The monoisotopic (exact) mass is 831 g/mol. The second-order valence-corrected chi connectivity index (χ2v) is 28.5. The summed E-state index contributed by atoms with van der Waals surface area (Å²) in [5.74, 6) is 1.08. The Labute approximate surface area is 344 Å². The minimum absolute atomic E-state index is 0.254. The fourth-order valence-electron chi connectivity index (χ4n) is 6.04. The summed E-state index contributed by atoms with van der Waals surface area (Å²) in [5, 5.41) is 8.98. The van der Waals surface area contributed by atoms with Crippen LogP contribution >= 0.6 is 0 Å². The Morgan fingerprint density at radius 1 is 0.707 bits per heavy atom. The van der Waals surface area contributed by atoms with E-state index in [9.17, 15) is 9.59 Å². The number of benzene rings is 2. The van der Waals surface area contributed by atoms with Gasteiger partial charge in [-0.2, -0.15) is 10.2 Å². The molecule has 15 nitrogen and oxygen atoms in total. The third kappa shape index (κ3) is 13.3. The van der Waals surface area contributed by atoms with Crippen molar-refractivity contribution < 1.29 is 28.5 Å². The first-order chi connectivity index (χ1) is 27.6. The van der Waals surface area contributed by atoms with Gasteiger partial charge in [0.1, 0.15) is 26.7 Å². The topological polar surface area (TPSA) is 155 Å². The molecule has 6 rings (SSSR count). The standard InChI is InChI=1S/C22H33N5O3Si.C19H28N4O3Si/c1-25(2)16-23-21-19-13-26(22(28)30-15-18-9-7-6-8-10-18)14-20(19)27(24-21)17-29-11-12-31(3,4)5;1-27(2,3)10-9-25-14-23-17-12-22(11-16(17)18(20)21-23)19(24)26-13-15-7-5-4-6-8-15/h6-10,16H,11-15,17H2,1-5H3;4-8H,9-14H2,1-3H3,(H2,20,21). The van der Waals surface area contributed by atoms with Gasteiger partial charge in [0.25, 0.3) is 0 Å². The minimum atomic E-state index is -1.15. The molecular weight excluding hydrogens is 771 g/mol. The molecule has 314 valence electrons. The highest BCUT2D eigenvalue weighted by Crippen LogP contribution is 2.32. The number of hydrogen-bond acceptors (Lipinski definition) is 10. The molecule has 2 aliphatic heterocycles. The highest BCUT2D eigenvalue weighted by atomic mass is 28.3. The molecule has 0 aliphatic carbocycles. The summed E-state index contributed by atoms with van der Waals surface area (Å²) in [5.41, 5.74) is 11.7. The molecule has 0 atom stereocenters. The van der Waals surface area contributed by atoms with Gasteiger partial charge in [-0.05, 0) is 23.2 Å². The van der Waals surface area contributed by atoms with E-state index in [1.807, 2.05) is 84.3 Å². The first-order valence-electron chi connectivity index (χ1n) is 19.8. The lowest BCUT2D eigenvalue weighted by Crippen LogP contribution is -2.27. The smallest absolute Gasteiger partial charge is 0.410 e. The maximum atomic E-state index is 12.6. The fourth-order valence-corrected chi connectivity index (χ4v) is 7.56. The molecule has 58 heavy (non-hydrogen) atoms. The lowest BCUT2D eigenvalue weighted by atomic mass is 10.2. The Morgan fingerprint density at radius 3 is 1.62 bits per heavy atom. The van der Waals surface area contributed by atoms with Gasteiger partial charge in [-0.3, -0.25) is 9.80 Å². The molecular formula is C41H61N9O6Si2. The molecule has 2 amide bonds. The molecule has 0 unspecified atom stereocenters. The Morgan fingerprint density at radius 2 is 1.16 bits per heavy atom. The number of carbonyl (C=O) groups excluding carboxylic acids is 2. The molecule has 2 aliphatic rings. The van der Waals surface area contributed by atoms with Crippen LogP contribution in [0.4, 0.5) is 21.2 Å². The van der Waals surface area contributed by atoms with E-state index in [4.69, 9.17) is 24.7 Å². The molecule has 2 N–H and O–H groups in total. The van der Waals surface area contributed by atoms with Crippen LogP contribution in [0.2, 0.25) is 51.4 Å². The number of amides is 2. The molecule has 0 saturated heterocycles. The quantitative estimate of drug-likeness (QED) is 0.0520. The maximum Gasteiger partial charge on any atom is 0.410 e. The lowest BCUT2D eigenvalue weighted by Gasteiger charge is -2.17. The summed E-state index contributed by atoms with van der Waals surface area (Å²) in [7, 11) is 1.55. The summed E-state index contributed by atoms with van der Waals surface area (Å²) in [6, 6.07) is 21.5. The zero-order chi connectivity index (χ0) is 41.9. The molecule has 2 aromatic carbocycles. The molecule has 0 spiro atoms. The maximum absolute atomic E-state index is 12.6. The number of hydrogen-bond donors (Lipinski definition) is 1. The van der Waals surface area contributed by atoms with E-state index in [1.165, 1.54) is 0 Å². The Kier molecular flexibility index (Phi) is 15.3. The van der Waals surface area contributed by atoms with Crippen molar-refractivity contribution in [1.82, 2.24) is 34.3 Å². The lowest BCUT2D eigenvalue weighted by molar-refractivity contribution is 0.0729. The normalized spacial score (nSPS) is 13.7. The molecule has 0 bridgehead atoms. The molecule has 0 radical (unpaired) electrons. The van der Waals surface area contributed by atoms with Gasteiger partial charge < -0.3 is 29.6 Å². The molecule has 2 aromatic heterocycles. The van der Waals surface area contributed by atoms with E-state index in [0.717, 1.165) is 45.7 Å². The van der Waals surface area contributed by atoms with E-state index >= 15 is 0 Å². The molecule has 17 heteroatoms. The van der Waals surface area contributed by atoms with Crippen molar-refractivity contribution in [3.8, 4) is 0 Å². The van der Waals surface area contributed by atoms with E-state index in [-0.39, 0.29) is 25.4 Å². The predicted octanol–water partition coefficient (Wildman–Crippen LogP) is 7.50. The van der Waals surface area contributed by atoms with Crippen molar-refractivity contribution in [2.75, 3.05) is 33.0 Å². The van der Waals surface area contributed by atoms with E-state index in [0.29, 0.717) is 64.5 Å². The molecule has 0 fully saturated rings. The van der Waals surface area contributed by atoms with Crippen molar-refractivity contribution in [2.45, 2.75) is 104 Å². The van der Waals surface area contributed by atoms with Gasteiger partial charge in [0.05, 0.1) is 43.9 Å². The van der Waals surface area contributed by atoms with Crippen LogP contribution < -0.4 is 5.73 Å². The van der Waals surface area contributed by atoms with Gasteiger partial charge in [0.15, 0.2) is 11.6 Å². The number of aliphatic imine (C=N–C) groups is 1. The first-order valence-corrected chi connectivity index (χ1v) is 27.2. The molecule has 0 saturated carbocycles. The van der Waals surface area contributed by atoms with Gasteiger partial charge in [0.2, 0.25) is 0 Å². The van der Waals surface area contributed by atoms with E-state index in [2.05, 4.69) is 54.5 Å². The number of fused-ring (bicyclic) bond motifs is 2. The SMILES string of the molecule is CN(C)C=Nc1nn(COCC[Si](C)(C)C)c2c1CN(C(=O)OCc1ccccc1)C2.C[Si](C)(C)CCOCn1nc(N)c2c1CN(C(=O)OCc1ccccc1)C2. The second kappa shape index (κ2) is 20.1. The second-order valence-electron chi connectivity index (χ2n) is 17.3. The Bertz CT molecular complexity index is 1970. The number of nitrogen functional groups attached to an aromatic ring is 1. The van der Waals surface area contributed by atoms with Crippen molar-refractivity contribution >= 4 is 46.3 Å². The van der Waals surface area contributed by atoms with Crippen molar-refractivity contribution in [3.05, 3.63) is 94.3 Å². The van der Waals surface area contributed by atoms with Crippen molar-refractivity contribution in [2.24, 2.45) is 4.99 Å². The Hall–Kier alpha value is -4.98. The van der Waals surface area contributed by atoms with Gasteiger partial charge in [0, 0.05) is 54.6 Å². The van der Waals surface area contributed by atoms with Crippen LogP contribution in [-0.4, -0.2) is 96.2 Å². The van der Waals surface area contributed by atoms with Crippen LogP contribution in [0.1, 0.15) is 33.6 Å². The average Bonchev–Trinajstić information content (AvgIpc) is 3.95. The highest BCUT2D eigenvalue weighted by Gasteiger charge is 2.33. The zero-order valence-corrected chi connectivity index (χ0v) is 37.4. The summed E-state index contributed by atoms with van der Waals surface area (Å²) in [6.07, 6.45) is 1.03. The van der Waals surface area contributed by atoms with Crippen LogP contribution in [0.15, 0.2) is 65.7 Å². The largest absolute Gasteiger partial charge is 0.445 e. The predicted molar refractivity (Wildman–Crippen MR) is 231 cm³/mol. The summed E-state index contributed by atoms with van der Waals surface area (Å²) in [4.78, 5) is 34.7. The summed E-state index contributed by atoms with van der Waals surface area (Å²) >= 11 is 0. The van der Waals surface area contributed by atoms with Crippen molar-refractivity contribution in [1.29, 1.82) is 0 Å². The number of nitrogens with zero attached hydrogens (tertiary/aromatic N) is 8. The fraction of sp³-hybridized carbons (Fsp3) is 0.488. The third-order valence-electron chi connectivity index (χ3n) is 9.48. The van der Waals surface area contributed by atoms with Crippen LogP contribution in [0.25, 0.3) is 0 Å². The van der Waals surface area contributed by atoms with Crippen LogP contribution in [0.5, 0.6) is 0 Å². The number of ether oxygens (including phenoxy) is 4. The number of rotatable bonds is 16. The Balaban J connectivity index is 0.000000223. The number of carbonyl (C=O) groups is 2. The molecule has 4 heterocycles. The average molecular weight is 832 g/mol. The van der Waals surface area contributed by atoms with Gasteiger partial charge in [-0.25, -0.2) is 23.9 Å². The van der Waals surface area contributed by atoms with Crippen LogP contribution in [0, 0.1) is 0 Å². The number of nitrogens with two attached hydrogens (primary N) is 1. The third-order valence-corrected chi connectivity index (χ3v) is 12.9. The van der Waals surface area contributed by atoms with Gasteiger partial charge >= 0.3 is 12.2 Å². The minimum Gasteiger partial charge on any atom is -0.445 e. The van der Waals surface area contributed by atoms with E-state index < -0.39 is 16.1 Å². The first kappa shape index (κ1) is 44.1. The van der Waals surface area contributed by atoms with E-state index in [1.54, 1.807) is 20.8 Å². The van der Waals surface area contributed by atoms with Crippen LogP contribution in [-0.2, 0) is 71.8 Å².